The van der Waals surface area contributed by atoms with Gasteiger partial charge in [-0.1, -0.05) is 23.4 Å². The van der Waals surface area contributed by atoms with E-state index in [1.165, 1.54) is 23.9 Å². The maximum Gasteiger partial charge on any atom is 0.288 e. The molecule has 7 nitrogen and oxygen atoms in total. The van der Waals surface area contributed by atoms with Gasteiger partial charge in [0, 0.05) is 11.6 Å². The molecule has 0 radical (unpaired) electrons. The van der Waals surface area contributed by atoms with Gasteiger partial charge in [-0.15, -0.1) is 0 Å². The molecule has 1 aromatic heterocycles. The van der Waals surface area contributed by atoms with Gasteiger partial charge in [-0.3, -0.25) is 10.1 Å². The molecule has 23 heavy (non-hydrogen) atoms. The lowest BCUT2D eigenvalue weighted by Gasteiger charge is -2.08. The Bertz CT molecular complexity index is 778. The van der Waals surface area contributed by atoms with E-state index in [1.807, 2.05) is 0 Å². The number of nitrogens with zero attached hydrogens (tertiary/aromatic N) is 1. The first kappa shape index (κ1) is 15.9. The van der Waals surface area contributed by atoms with Crippen LogP contribution in [-0.2, 0) is 4.79 Å². The molecule has 1 aliphatic heterocycles. The van der Waals surface area contributed by atoms with Gasteiger partial charge < -0.3 is 19.6 Å². The van der Waals surface area contributed by atoms with Crippen LogP contribution in [0.15, 0.2) is 34.7 Å². The fraction of sp³-hybridized carbons (Fsp3) is 0.214. The Balaban J connectivity index is 1.84. The highest BCUT2D eigenvalue weighted by Gasteiger charge is 2.33. The summed E-state index contributed by atoms with van der Waals surface area (Å²) in [5.74, 6) is 0.409. The van der Waals surface area contributed by atoms with Crippen LogP contribution in [-0.4, -0.2) is 22.7 Å². The largest absolute Gasteiger partial charge is 0.544 e. The SMILES string of the molecule is O=C([O-])[C@H]1CS[C@@H](c2ccc(-c3ccc(Cl)c([N+](=O)[O-])c3)o2)[NH2+]1. The van der Waals surface area contributed by atoms with Crippen molar-refractivity contribution in [1.29, 1.82) is 0 Å². The lowest BCUT2D eigenvalue weighted by Crippen LogP contribution is -2.90. The highest BCUT2D eigenvalue weighted by molar-refractivity contribution is 7.99. The Morgan fingerprint density at radius 1 is 1.39 bits per heavy atom. The van der Waals surface area contributed by atoms with Crippen molar-refractivity contribution in [3.8, 4) is 11.3 Å². The van der Waals surface area contributed by atoms with Crippen LogP contribution >= 0.6 is 23.4 Å². The monoisotopic (exact) mass is 354 g/mol. The molecule has 1 aromatic carbocycles. The fourth-order valence-corrected chi connectivity index (χ4v) is 3.76. The van der Waals surface area contributed by atoms with Gasteiger partial charge in [-0.05, 0) is 24.3 Å². The molecule has 0 saturated carbocycles. The third-order valence-corrected chi connectivity index (χ3v) is 5.12. The number of quaternary nitrogens is 1. The average molecular weight is 355 g/mol. The number of benzene rings is 1. The number of furan rings is 1. The minimum Gasteiger partial charge on any atom is -0.544 e. The van der Waals surface area contributed by atoms with Gasteiger partial charge in [0.25, 0.3) is 5.69 Å². The van der Waals surface area contributed by atoms with E-state index in [1.54, 1.807) is 23.5 Å². The number of halogens is 1. The Kier molecular flexibility index (Phi) is 4.29. The molecule has 9 heteroatoms. The number of nitro groups is 1. The summed E-state index contributed by atoms with van der Waals surface area (Å²) in [5.41, 5.74) is 0.340. The molecule has 1 saturated heterocycles. The minimum atomic E-state index is -1.10. The first-order valence-corrected chi connectivity index (χ1v) is 8.10. The van der Waals surface area contributed by atoms with Crippen LogP contribution in [0.5, 0.6) is 0 Å². The Labute approximate surface area is 139 Å². The predicted octanol–water partition coefficient (Wildman–Crippen LogP) is 0.935. The zero-order chi connectivity index (χ0) is 16.6. The van der Waals surface area contributed by atoms with Crippen LogP contribution in [0.25, 0.3) is 11.3 Å². The molecule has 120 valence electrons. The molecule has 2 aromatic rings. The van der Waals surface area contributed by atoms with Gasteiger partial charge in [0.15, 0.2) is 11.1 Å². The summed E-state index contributed by atoms with van der Waals surface area (Å²) < 4.78 is 5.73. The molecule has 2 atom stereocenters. The van der Waals surface area contributed by atoms with Gasteiger partial charge in [0.1, 0.15) is 22.8 Å². The van der Waals surface area contributed by atoms with Gasteiger partial charge in [-0.2, -0.15) is 0 Å². The molecule has 0 spiro atoms. The van der Waals surface area contributed by atoms with E-state index in [9.17, 15) is 20.0 Å². The molecule has 0 amide bonds. The minimum absolute atomic E-state index is 0.0574. The highest BCUT2D eigenvalue weighted by Crippen LogP contribution is 2.34. The molecule has 0 bridgehead atoms. The summed E-state index contributed by atoms with van der Waals surface area (Å²) in [4.78, 5) is 21.3. The van der Waals surface area contributed by atoms with Gasteiger partial charge in [0.2, 0.25) is 0 Å². The topological polar surface area (TPSA) is 113 Å². The first-order chi connectivity index (χ1) is 11.0. The van der Waals surface area contributed by atoms with Crippen LogP contribution < -0.4 is 10.4 Å². The van der Waals surface area contributed by atoms with Crippen molar-refractivity contribution in [2.75, 3.05) is 5.75 Å². The maximum absolute atomic E-state index is 10.9. The summed E-state index contributed by atoms with van der Waals surface area (Å²) in [6.45, 7) is 0. The van der Waals surface area contributed by atoms with E-state index in [2.05, 4.69) is 0 Å². The molecule has 0 aliphatic carbocycles. The van der Waals surface area contributed by atoms with E-state index in [-0.39, 0.29) is 16.1 Å². The molecule has 2 heterocycles. The number of carboxylic acids is 1. The number of nitro benzene ring substituents is 1. The Hall–Kier alpha value is -2.03. The summed E-state index contributed by atoms with van der Waals surface area (Å²) in [7, 11) is 0. The van der Waals surface area contributed by atoms with Gasteiger partial charge >= 0.3 is 0 Å². The van der Waals surface area contributed by atoms with Gasteiger partial charge in [-0.25, -0.2) is 0 Å². The number of carbonyl (C=O) groups is 1. The van der Waals surface area contributed by atoms with Crippen molar-refractivity contribution in [2.45, 2.75) is 11.4 Å². The number of hydrogen-bond donors (Lipinski definition) is 1. The van der Waals surface area contributed by atoms with Crippen molar-refractivity contribution in [3.63, 3.8) is 0 Å². The van der Waals surface area contributed by atoms with Crippen LogP contribution in [0, 0.1) is 10.1 Å². The van der Waals surface area contributed by atoms with Crippen LogP contribution in [0.3, 0.4) is 0 Å². The molecule has 1 aliphatic rings. The van der Waals surface area contributed by atoms with Crippen molar-refractivity contribution >= 4 is 35.0 Å². The fourth-order valence-electron chi connectivity index (χ4n) is 2.32. The van der Waals surface area contributed by atoms with E-state index in [0.29, 0.717) is 22.8 Å². The number of rotatable bonds is 4. The lowest BCUT2D eigenvalue weighted by molar-refractivity contribution is -0.691. The number of aliphatic carboxylic acids is 1. The number of hydrogen-bond acceptors (Lipinski definition) is 6. The second kappa shape index (κ2) is 6.23. The maximum atomic E-state index is 10.9. The van der Waals surface area contributed by atoms with Crippen LogP contribution in [0.2, 0.25) is 5.02 Å². The number of carboxylic acid groups (broad SMARTS) is 1. The van der Waals surface area contributed by atoms with Crippen molar-refractivity contribution in [3.05, 3.63) is 51.2 Å². The standard InChI is InChI=1S/C14H11ClN2O5S/c15-8-2-1-7(5-10(8)17(20)21)11-3-4-12(22-11)13-16-9(6-23-13)14(18)19/h1-5,9,13,16H,6H2,(H,18,19)/t9-,13+/m1/s1. The number of nitrogens with two attached hydrogens (primary N) is 1. The Morgan fingerprint density at radius 3 is 2.83 bits per heavy atom. The van der Waals surface area contributed by atoms with Crippen LogP contribution in [0.4, 0.5) is 5.69 Å². The van der Waals surface area contributed by atoms with Crippen LogP contribution in [0.1, 0.15) is 11.1 Å². The summed E-state index contributed by atoms with van der Waals surface area (Å²) >= 11 is 7.24. The zero-order valence-electron chi connectivity index (χ0n) is 11.6. The second-order valence-electron chi connectivity index (χ2n) is 5.00. The van der Waals surface area contributed by atoms with Crippen molar-refractivity contribution < 1.29 is 24.6 Å². The summed E-state index contributed by atoms with van der Waals surface area (Å²) in [6.07, 6.45) is 0. The van der Waals surface area contributed by atoms with E-state index in [0.717, 1.165) is 0 Å². The predicted molar refractivity (Wildman–Crippen MR) is 81.7 cm³/mol. The Morgan fingerprint density at radius 2 is 2.17 bits per heavy atom. The first-order valence-electron chi connectivity index (χ1n) is 6.67. The summed E-state index contributed by atoms with van der Waals surface area (Å²) in [6, 6.07) is 7.26. The molecule has 1 fully saturated rings. The van der Waals surface area contributed by atoms with E-state index in [4.69, 9.17) is 16.0 Å². The smallest absolute Gasteiger partial charge is 0.288 e. The summed E-state index contributed by atoms with van der Waals surface area (Å²) in [5, 5.41) is 23.4. The van der Waals surface area contributed by atoms with Gasteiger partial charge in [0.05, 0.1) is 10.7 Å². The number of carbonyl (C=O) groups excluding carboxylic acids is 1. The normalized spacial score (nSPS) is 20.6. The molecular weight excluding hydrogens is 344 g/mol. The molecule has 0 unspecified atom stereocenters. The second-order valence-corrected chi connectivity index (χ2v) is 6.58. The van der Waals surface area contributed by atoms with Crippen molar-refractivity contribution in [2.24, 2.45) is 0 Å². The lowest BCUT2D eigenvalue weighted by atomic mass is 10.1. The highest BCUT2D eigenvalue weighted by atomic mass is 35.5. The quantitative estimate of drug-likeness (QED) is 0.645. The average Bonchev–Trinajstić information content (AvgIpc) is 3.16. The molecule has 3 rings (SSSR count). The zero-order valence-corrected chi connectivity index (χ0v) is 13.2. The van der Waals surface area contributed by atoms with E-state index >= 15 is 0 Å². The molecular formula is C14H11ClN2O5S. The van der Waals surface area contributed by atoms with Crippen molar-refractivity contribution in [1.82, 2.24) is 0 Å². The van der Waals surface area contributed by atoms with E-state index < -0.39 is 16.9 Å². The molecule has 2 N–H and O–H groups in total. The number of thioether (sulfide) groups is 1. The third-order valence-electron chi connectivity index (χ3n) is 3.50. The third kappa shape index (κ3) is 3.19.